The lowest BCUT2D eigenvalue weighted by Gasteiger charge is -2.17. The van der Waals surface area contributed by atoms with E-state index in [0.29, 0.717) is 11.4 Å². The highest BCUT2D eigenvalue weighted by atomic mass is 79.9. The molecule has 0 fully saturated rings. The highest BCUT2D eigenvalue weighted by molar-refractivity contribution is 9.10. The van der Waals surface area contributed by atoms with Gasteiger partial charge in [-0.3, -0.25) is 0 Å². The second-order valence-corrected chi connectivity index (χ2v) is 5.35. The molecule has 0 aliphatic heterocycles. The largest absolute Gasteiger partial charge is 0.124 e. The Morgan fingerprint density at radius 2 is 1.83 bits per heavy atom. The second kappa shape index (κ2) is 3.99. The minimum absolute atomic E-state index is 0.558. The lowest BCUT2D eigenvalue weighted by atomic mass is 10.1. The Kier molecular flexibility index (Phi) is 3.45. The van der Waals surface area contributed by atoms with Crippen molar-refractivity contribution >= 4 is 39.1 Å². The van der Waals surface area contributed by atoms with Gasteiger partial charge < -0.3 is 0 Å². The van der Waals surface area contributed by atoms with Crippen molar-refractivity contribution in [3.63, 3.8) is 0 Å². The molecule has 1 aromatic carbocycles. The van der Waals surface area contributed by atoms with Gasteiger partial charge in [0, 0.05) is 5.02 Å². The molecular weight excluding hydrogens is 259 g/mol. The first-order chi connectivity index (χ1) is 5.56. The van der Waals surface area contributed by atoms with E-state index in [1.54, 1.807) is 0 Å². The summed E-state index contributed by atoms with van der Waals surface area (Å²) in [7, 11) is 0. The van der Waals surface area contributed by atoms with Gasteiger partial charge in [0.05, 0.1) is 0 Å². The normalized spacial score (nSPS) is 15.7. The molecule has 0 spiro atoms. The van der Waals surface area contributed by atoms with Crippen LogP contribution in [0.25, 0.3) is 0 Å². The summed E-state index contributed by atoms with van der Waals surface area (Å²) in [6, 6.07) is 7.39. The third-order valence-electron chi connectivity index (χ3n) is 1.58. The molecule has 0 bridgehead atoms. The van der Waals surface area contributed by atoms with Gasteiger partial charge in [0.25, 0.3) is 0 Å². The van der Waals surface area contributed by atoms with Crippen LogP contribution in [0.2, 0.25) is 5.02 Å². The summed E-state index contributed by atoms with van der Waals surface area (Å²) in [5.74, 6) is 0. The topological polar surface area (TPSA) is 0 Å². The average Bonchev–Trinajstić information content (AvgIpc) is 2.05. The lowest BCUT2D eigenvalue weighted by molar-refractivity contribution is 0.898. The van der Waals surface area contributed by atoms with E-state index >= 15 is 0 Å². The average molecular weight is 267 g/mol. The number of alkyl halides is 2. The summed E-state index contributed by atoms with van der Waals surface area (Å²) in [4.78, 5) is 0. The number of halogens is 3. The first kappa shape index (κ1) is 10.4. The molecule has 65 valence electrons. The van der Waals surface area contributed by atoms with Gasteiger partial charge in [-0.05, 0) is 24.1 Å². The zero-order valence-corrected chi connectivity index (χ0v) is 9.46. The standard InChI is InChI=1S/C9H8BrCl2/c1-2-9(10,12)7-3-5-8(11)6-4-7/h3-6H,1-2H2. The van der Waals surface area contributed by atoms with Crippen molar-refractivity contribution in [1.82, 2.24) is 0 Å². The summed E-state index contributed by atoms with van der Waals surface area (Å²) in [5, 5.41) is 0.711. The van der Waals surface area contributed by atoms with Crippen molar-refractivity contribution < 1.29 is 0 Å². The molecule has 0 amide bonds. The quantitative estimate of drug-likeness (QED) is 0.698. The Morgan fingerprint density at radius 3 is 2.25 bits per heavy atom. The van der Waals surface area contributed by atoms with Gasteiger partial charge in [-0.25, -0.2) is 0 Å². The maximum atomic E-state index is 6.11. The van der Waals surface area contributed by atoms with Crippen molar-refractivity contribution in [2.45, 2.75) is 10.2 Å². The Hall–Kier alpha value is 0.280. The van der Waals surface area contributed by atoms with E-state index in [0.717, 1.165) is 5.56 Å². The SMILES string of the molecule is [CH2]CC(Cl)(Br)c1ccc(Cl)cc1. The summed E-state index contributed by atoms with van der Waals surface area (Å²) in [6.07, 6.45) is 0.580. The zero-order valence-electron chi connectivity index (χ0n) is 6.36. The molecular formula is C9H8BrCl2. The van der Waals surface area contributed by atoms with E-state index in [-0.39, 0.29) is 0 Å². The first-order valence-corrected chi connectivity index (χ1v) is 5.04. The summed E-state index contributed by atoms with van der Waals surface area (Å²) in [5.41, 5.74) is 0.976. The number of hydrogen-bond donors (Lipinski definition) is 0. The zero-order chi connectivity index (χ0) is 9.19. The van der Waals surface area contributed by atoms with Crippen LogP contribution in [0.4, 0.5) is 0 Å². The highest BCUT2D eigenvalue weighted by Crippen LogP contribution is 2.39. The van der Waals surface area contributed by atoms with E-state index < -0.39 is 3.78 Å². The van der Waals surface area contributed by atoms with Crippen molar-refractivity contribution in [1.29, 1.82) is 0 Å². The van der Waals surface area contributed by atoms with Gasteiger partial charge in [0.1, 0.15) is 3.78 Å². The van der Waals surface area contributed by atoms with Crippen LogP contribution in [-0.2, 0) is 3.78 Å². The molecule has 1 atom stereocenters. The van der Waals surface area contributed by atoms with Crippen LogP contribution >= 0.6 is 39.1 Å². The maximum absolute atomic E-state index is 6.11. The summed E-state index contributed by atoms with van der Waals surface area (Å²) >= 11 is 15.2. The molecule has 1 radical (unpaired) electrons. The van der Waals surface area contributed by atoms with Gasteiger partial charge >= 0.3 is 0 Å². The van der Waals surface area contributed by atoms with Crippen LogP contribution in [0.1, 0.15) is 12.0 Å². The van der Waals surface area contributed by atoms with E-state index in [9.17, 15) is 0 Å². The number of hydrogen-bond acceptors (Lipinski definition) is 0. The monoisotopic (exact) mass is 265 g/mol. The minimum atomic E-state index is -0.558. The van der Waals surface area contributed by atoms with Crippen LogP contribution in [0.5, 0.6) is 0 Å². The van der Waals surface area contributed by atoms with Gasteiger partial charge in [-0.15, -0.1) is 11.6 Å². The molecule has 1 unspecified atom stereocenters. The fraction of sp³-hybridized carbons (Fsp3) is 0.222. The molecule has 3 heteroatoms. The molecule has 1 rings (SSSR count). The molecule has 0 saturated carbocycles. The van der Waals surface area contributed by atoms with E-state index in [1.165, 1.54) is 0 Å². The predicted octanol–water partition coefficient (Wildman–Crippen LogP) is 4.35. The van der Waals surface area contributed by atoms with Crippen LogP contribution in [0.3, 0.4) is 0 Å². The summed E-state index contributed by atoms with van der Waals surface area (Å²) < 4.78 is -0.558. The second-order valence-electron chi connectivity index (χ2n) is 2.46. The Morgan fingerprint density at radius 1 is 1.33 bits per heavy atom. The third kappa shape index (κ3) is 2.38. The lowest BCUT2D eigenvalue weighted by Crippen LogP contribution is -2.06. The number of benzene rings is 1. The van der Waals surface area contributed by atoms with Crippen molar-refractivity contribution in [2.75, 3.05) is 0 Å². The smallest absolute Gasteiger partial charge is 0.101 e. The van der Waals surface area contributed by atoms with Crippen LogP contribution < -0.4 is 0 Å². The Labute approximate surface area is 91.0 Å². The first-order valence-electron chi connectivity index (χ1n) is 3.49. The molecule has 0 nitrogen and oxygen atoms in total. The fourth-order valence-corrected chi connectivity index (χ4v) is 1.35. The summed E-state index contributed by atoms with van der Waals surface area (Å²) in [6.45, 7) is 3.74. The molecule has 12 heavy (non-hydrogen) atoms. The van der Waals surface area contributed by atoms with Crippen LogP contribution in [0.15, 0.2) is 24.3 Å². The molecule has 0 N–H and O–H groups in total. The molecule has 1 aromatic rings. The highest BCUT2D eigenvalue weighted by Gasteiger charge is 2.22. The molecule has 0 heterocycles. The maximum Gasteiger partial charge on any atom is 0.124 e. The predicted molar refractivity (Wildman–Crippen MR) is 57.9 cm³/mol. The fourth-order valence-electron chi connectivity index (χ4n) is 0.838. The van der Waals surface area contributed by atoms with Crippen molar-refractivity contribution in [2.24, 2.45) is 0 Å². The van der Waals surface area contributed by atoms with E-state index in [4.69, 9.17) is 23.2 Å². The van der Waals surface area contributed by atoms with Gasteiger partial charge in [0.15, 0.2) is 0 Å². The number of rotatable bonds is 2. The van der Waals surface area contributed by atoms with Gasteiger partial charge in [-0.2, -0.15) is 0 Å². The Bertz CT molecular complexity index is 254. The molecule has 0 saturated heterocycles. The minimum Gasteiger partial charge on any atom is -0.101 e. The van der Waals surface area contributed by atoms with Crippen LogP contribution in [0, 0.1) is 6.92 Å². The van der Waals surface area contributed by atoms with E-state index in [2.05, 4.69) is 22.9 Å². The van der Waals surface area contributed by atoms with Crippen molar-refractivity contribution in [3.05, 3.63) is 41.8 Å². The molecule has 0 aliphatic carbocycles. The Balaban J connectivity index is 2.96. The van der Waals surface area contributed by atoms with Crippen molar-refractivity contribution in [3.8, 4) is 0 Å². The third-order valence-corrected chi connectivity index (χ3v) is 3.09. The molecule has 0 aromatic heterocycles. The van der Waals surface area contributed by atoms with Crippen LogP contribution in [-0.4, -0.2) is 0 Å². The molecule has 0 aliphatic rings. The van der Waals surface area contributed by atoms with Gasteiger partial charge in [0.2, 0.25) is 0 Å². The van der Waals surface area contributed by atoms with E-state index in [1.807, 2.05) is 24.3 Å². The van der Waals surface area contributed by atoms with Gasteiger partial charge in [-0.1, -0.05) is 46.6 Å².